The van der Waals surface area contributed by atoms with Crippen LogP contribution in [0.2, 0.25) is 0 Å². The Morgan fingerprint density at radius 3 is 2.17 bits per heavy atom. The molecule has 5 rings (SSSR count). The zero-order valence-electron chi connectivity index (χ0n) is 23.0. The summed E-state index contributed by atoms with van der Waals surface area (Å²) in [6.45, 7) is 17.3. The molecule has 0 heterocycles. The first-order chi connectivity index (χ1) is 17.0. The van der Waals surface area contributed by atoms with Crippen molar-refractivity contribution in [3.05, 3.63) is 92.6 Å². The molecule has 186 valence electrons. The summed E-state index contributed by atoms with van der Waals surface area (Å²) >= 11 is 0. The largest absolute Gasteiger partial charge is 0.298 e. The van der Waals surface area contributed by atoms with E-state index in [0.717, 1.165) is 34.2 Å². The Bertz CT molecular complexity index is 1370. The Kier molecular flexibility index (Phi) is 6.06. The maximum Gasteiger partial charge on any atom is 0.159 e. The van der Waals surface area contributed by atoms with Gasteiger partial charge in [0.25, 0.3) is 0 Å². The van der Waals surface area contributed by atoms with Crippen molar-refractivity contribution in [2.24, 2.45) is 17.8 Å². The number of hydrogen-bond donors (Lipinski definition) is 0. The van der Waals surface area contributed by atoms with Crippen LogP contribution in [0.4, 0.5) is 0 Å². The van der Waals surface area contributed by atoms with E-state index in [2.05, 4.69) is 97.9 Å². The first-order valence-corrected chi connectivity index (χ1v) is 13.4. The van der Waals surface area contributed by atoms with Crippen molar-refractivity contribution >= 4 is 11.6 Å². The second-order valence-electron chi connectivity index (χ2n) is 11.8. The Balaban J connectivity index is 1.53. The average molecular weight is 479 g/mol. The molecule has 5 aliphatic carbocycles. The molecule has 0 spiro atoms. The topological polar surface area (TPSA) is 34.1 Å². The summed E-state index contributed by atoms with van der Waals surface area (Å²) in [5.41, 5.74) is 12.9. The minimum Gasteiger partial charge on any atom is -0.298 e. The summed E-state index contributed by atoms with van der Waals surface area (Å²) in [4.78, 5) is 27.6. The molecule has 0 radical (unpaired) electrons. The Hall–Kier alpha value is -3.00. The number of hydrogen-bond acceptors (Lipinski definition) is 2. The number of fused-ring (bicyclic) bond motifs is 1. The van der Waals surface area contributed by atoms with E-state index in [-0.39, 0.29) is 17.5 Å². The molecule has 0 bridgehead atoms. The summed E-state index contributed by atoms with van der Waals surface area (Å²) in [6.07, 6.45) is 7.70. The summed E-state index contributed by atoms with van der Waals surface area (Å²) in [6, 6.07) is 8.66. The highest BCUT2D eigenvalue weighted by Gasteiger charge is 2.55. The molecular formula is C34H38O2. The molecule has 2 nitrogen and oxygen atoms in total. The standard InChI is InChI=1S/C34H38O2/c1-17(2)23-11-9-19(5)29-25(15-23)21(7)13-27(29)31-33(35)32(34(31)36)28-14-22(8)26-16-24(18(3)4)12-10-20(6)30(26)28/h9-11,13-18,28,31-32H,12H2,1-8H3. The molecule has 36 heavy (non-hydrogen) atoms. The molecule has 2 heteroatoms. The van der Waals surface area contributed by atoms with Gasteiger partial charge >= 0.3 is 0 Å². The lowest BCUT2D eigenvalue weighted by Gasteiger charge is -2.37. The number of ketones is 2. The van der Waals surface area contributed by atoms with Crippen LogP contribution in [0.15, 0.2) is 70.4 Å². The quantitative estimate of drug-likeness (QED) is 0.415. The third kappa shape index (κ3) is 3.69. The minimum absolute atomic E-state index is 0.0785. The van der Waals surface area contributed by atoms with Gasteiger partial charge in [-0.25, -0.2) is 0 Å². The van der Waals surface area contributed by atoms with Gasteiger partial charge in [0.1, 0.15) is 5.92 Å². The summed E-state index contributed by atoms with van der Waals surface area (Å²) in [7, 11) is 0. The van der Waals surface area contributed by atoms with Gasteiger partial charge in [-0.3, -0.25) is 9.59 Å². The molecule has 0 N–H and O–H groups in total. The van der Waals surface area contributed by atoms with Crippen molar-refractivity contribution in [1.29, 1.82) is 0 Å². The highest BCUT2D eigenvalue weighted by molar-refractivity contribution is 6.29. The van der Waals surface area contributed by atoms with Crippen LogP contribution in [0.1, 0.15) is 82.1 Å². The van der Waals surface area contributed by atoms with E-state index in [9.17, 15) is 9.59 Å². The smallest absolute Gasteiger partial charge is 0.159 e. The van der Waals surface area contributed by atoms with Gasteiger partial charge in [0, 0.05) is 5.92 Å². The van der Waals surface area contributed by atoms with E-state index in [1.165, 1.54) is 33.4 Å². The molecule has 0 aromatic carbocycles. The normalized spacial score (nSPS) is 24.2. The van der Waals surface area contributed by atoms with E-state index in [4.69, 9.17) is 0 Å². The lowest BCUT2D eigenvalue weighted by molar-refractivity contribution is -0.147. The zero-order valence-corrected chi connectivity index (χ0v) is 23.0. The van der Waals surface area contributed by atoms with Crippen molar-refractivity contribution in [3.8, 4) is 11.1 Å². The summed E-state index contributed by atoms with van der Waals surface area (Å²) in [5.74, 6) is -0.338. The van der Waals surface area contributed by atoms with Gasteiger partial charge in [-0.1, -0.05) is 81.3 Å². The molecule has 1 saturated carbocycles. The predicted molar refractivity (Wildman–Crippen MR) is 148 cm³/mol. The van der Waals surface area contributed by atoms with Gasteiger partial charge in [0.05, 0.1) is 5.92 Å². The van der Waals surface area contributed by atoms with Crippen LogP contribution in [0, 0.1) is 31.6 Å². The molecule has 0 aromatic rings. The van der Waals surface area contributed by atoms with Crippen molar-refractivity contribution in [1.82, 2.24) is 0 Å². The van der Waals surface area contributed by atoms with Gasteiger partial charge < -0.3 is 0 Å². The van der Waals surface area contributed by atoms with Crippen molar-refractivity contribution < 1.29 is 9.59 Å². The maximum atomic E-state index is 13.8. The van der Waals surface area contributed by atoms with Crippen molar-refractivity contribution in [3.63, 3.8) is 0 Å². The monoisotopic (exact) mass is 478 g/mol. The molecule has 1 unspecified atom stereocenters. The van der Waals surface area contributed by atoms with E-state index < -0.39 is 11.8 Å². The number of aryl methyl sites for hydroxylation is 2. The second kappa shape index (κ2) is 8.83. The molecule has 0 aliphatic heterocycles. The molecule has 0 aromatic heterocycles. The van der Waals surface area contributed by atoms with Crippen LogP contribution in [0.25, 0.3) is 11.1 Å². The fourth-order valence-electron chi connectivity index (χ4n) is 6.46. The fourth-order valence-corrected chi connectivity index (χ4v) is 6.46. The number of carbonyl (C=O) groups is 2. The number of carbonyl (C=O) groups excluding carboxylic acids is 2. The Labute approximate surface area is 216 Å². The fraction of sp³-hybridized carbons (Fsp3) is 0.412. The minimum atomic E-state index is -0.648. The van der Waals surface area contributed by atoms with E-state index in [1.54, 1.807) is 0 Å². The Morgan fingerprint density at radius 1 is 0.833 bits per heavy atom. The zero-order chi connectivity index (χ0) is 26.0. The molecule has 0 saturated heterocycles. The van der Waals surface area contributed by atoms with Crippen LogP contribution in [0.5, 0.6) is 0 Å². The highest BCUT2D eigenvalue weighted by Crippen LogP contribution is 2.51. The summed E-state index contributed by atoms with van der Waals surface area (Å²) < 4.78 is 0. The van der Waals surface area contributed by atoms with Gasteiger partial charge in [-0.15, -0.1) is 0 Å². The third-order valence-corrected chi connectivity index (χ3v) is 8.72. The number of rotatable bonds is 4. The predicted octanol–water partition coefficient (Wildman–Crippen LogP) is 8.19. The van der Waals surface area contributed by atoms with Gasteiger partial charge in [-0.2, -0.15) is 0 Å². The maximum absolute atomic E-state index is 13.8. The van der Waals surface area contributed by atoms with Crippen molar-refractivity contribution in [2.75, 3.05) is 0 Å². The molecule has 5 aliphatic rings. The van der Waals surface area contributed by atoms with E-state index >= 15 is 0 Å². The van der Waals surface area contributed by atoms with E-state index in [1.807, 2.05) is 0 Å². The first-order valence-electron chi connectivity index (χ1n) is 13.4. The summed E-state index contributed by atoms with van der Waals surface area (Å²) in [5, 5.41) is 0. The van der Waals surface area contributed by atoms with E-state index in [0.29, 0.717) is 11.8 Å². The highest BCUT2D eigenvalue weighted by atomic mass is 16.2. The first kappa shape index (κ1) is 24.7. The Morgan fingerprint density at radius 2 is 1.53 bits per heavy atom. The second-order valence-corrected chi connectivity index (χ2v) is 11.8. The number of Topliss-reactive ketones (excluding diaryl/α,β-unsaturated/α-hetero) is 2. The molecule has 1 fully saturated rings. The van der Waals surface area contributed by atoms with Crippen molar-refractivity contribution in [2.45, 2.75) is 73.6 Å². The van der Waals surface area contributed by atoms with Crippen LogP contribution >= 0.6 is 0 Å². The lowest BCUT2D eigenvalue weighted by Crippen LogP contribution is -2.50. The van der Waals surface area contributed by atoms with Gasteiger partial charge in [-0.05, 0) is 96.1 Å². The van der Waals surface area contributed by atoms with Gasteiger partial charge in [0.15, 0.2) is 11.6 Å². The van der Waals surface area contributed by atoms with Gasteiger partial charge in [0.2, 0.25) is 0 Å². The molecule has 0 amide bonds. The average Bonchev–Trinajstić information content (AvgIpc) is 3.11. The third-order valence-electron chi connectivity index (χ3n) is 8.72. The molecular weight excluding hydrogens is 440 g/mol. The van der Waals surface area contributed by atoms with Crippen LogP contribution in [-0.2, 0) is 9.59 Å². The molecule has 1 atom stereocenters. The SMILES string of the molecule is CC1=CC(C2C(=O)C(c3cc(C)c4cc(C(C)C)ccc(C)c3-4)C2=O)C2=C1C=C(C(C)C)CC=C2C. The number of allylic oxidation sites excluding steroid dienone is 8. The van der Waals surface area contributed by atoms with Crippen LogP contribution in [0.3, 0.4) is 0 Å². The lowest BCUT2D eigenvalue weighted by atomic mass is 9.61. The van der Waals surface area contributed by atoms with Crippen LogP contribution < -0.4 is 0 Å². The van der Waals surface area contributed by atoms with Crippen LogP contribution in [-0.4, -0.2) is 11.6 Å².